The van der Waals surface area contributed by atoms with Crippen LogP contribution >= 0.6 is 0 Å². The van der Waals surface area contributed by atoms with Crippen LogP contribution in [0.25, 0.3) is 0 Å². The molecule has 4 N–H and O–H groups in total. The van der Waals surface area contributed by atoms with Crippen molar-refractivity contribution in [1.82, 2.24) is 5.32 Å². The number of aliphatic carboxylic acids is 1. The second-order valence-corrected chi connectivity index (χ2v) is 6.03. The van der Waals surface area contributed by atoms with Gasteiger partial charge in [-0.25, -0.2) is 0 Å². The van der Waals surface area contributed by atoms with Crippen LogP contribution in [0.5, 0.6) is 0 Å². The zero-order valence-electron chi connectivity index (χ0n) is 14.3. The maximum absolute atomic E-state index is 11.6. The molecule has 0 bridgehead atoms. The summed E-state index contributed by atoms with van der Waals surface area (Å²) in [5.41, 5.74) is 5.53. The molecule has 0 fully saturated rings. The molecule has 0 saturated carbocycles. The number of nitrogens with two attached hydrogens (primary N) is 1. The Bertz CT molecular complexity index is 359. The van der Waals surface area contributed by atoms with Crippen LogP contribution in [-0.4, -0.2) is 28.9 Å². The third-order valence-corrected chi connectivity index (χ3v) is 3.78. The molecule has 6 nitrogen and oxygen atoms in total. The van der Waals surface area contributed by atoms with Crippen molar-refractivity contribution in [3.63, 3.8) is 0 Å². The molecule has 0 aromatic carbocycles. The number of carboxylic acid groups (broad SMARTS) is 1. The smallest absolute Gasteiger partial charge is 0.303 e. The van der Waals surface area contributed by atoms with Gasteiger partial charge in [0.25, 0.3) is 0 Å². The average Bonchev–Trinajstić information content (AvgIpc) is 2.50. The number of carbonyl (C=O) groups is 3. The van der Waals surface area contributed by atoms with Gasteiger partial charge in [-0.1, -0.05) is 58.3 Å². The number of imide groups is 1. The van der Waals surface area contributed by atoms with E-state index in [2.05, 4.69) is 12.2 Å². The number of rotatable bonds is 14. The first kappa shape index (κ1) is 21.6. The summed E-state index contributed by atoms with van der Waals surface area (Å²) in [7, 11) is 0. The second kappa shape index (κ2) is 14.2. The molecule has 1 atom stereocenters. The lowest BCUT2D eigenvalue weighted by atomic mass is 10.1. The van der Waals surface area contributed by atoms with Crippen molar-refractivity contribution in [2.75, 3.05) is 0 Å². The van der Waals surface area contributed by atoms with E-state index in [-0.39, 0.29) is 18.7 Å². The number of unbranched alkanes of at least 4 members (excludes halogenated alkanes) is 8. The molecule has 0 aliphatic carbocycles. The highest BCUT2D eigenvalue weighted by Gasteiger charge is 2.17. The summed E-state index contributed by atoms with van der Waals surface area (Å²) in [6.07, 6.45) is 10.6. The van der Waals surface area contributed by atoms with Crippen LogP contribution in [0.1, 0.15) is 84.0 Å². The Morgan fingerprint density at radius 1 is 0.913 bits per heavy atom. The molecular weight excluding hydrogens is 296 g/mol. The molecule has 0 spiro atoms. The van der Waals surface area contributed by atoms with Crippen LogP contribution < -0.4 is 11.1 Å². The van der Waals surface area contributed by atoms with E-state index in [0.717, 1.165) is 19.3 Å². The predicted octanol–water partition coefficient (Wildman–Crippen LogP) is 2.74. The lowest BCUT2D eigenvalue weighted by Gasteiger charge is -2.10. The normalized spacial score (nSPS) is 11.9. The van der Waals surface area contributed by atoms with E-state index in [4.69, 9.17) is 10.8 Å². The van der Waals surface area contributed by atoms with Crippen molar-refractivity contribution >= 4 is 17.8 Å². The van der Waals surface area contributed by atoms with Gasteiger partial charge < -0.3 is 10.8 Å². The molecule has 6 heteroatoms. The Morgan fingerprint density at radius 3 is 1.96 bits per heavy atom. The molecule has 0 aliphatic heterocycles. The first-order valence-electron chi connectivity index (χ1n) is 8.78. The third-order valence-electron chi connectivity index (χ3n) is 3.78. The summed E-state index contributed by atoms with van der Waals surface area (Å²) in [5.74, 6) is -1.93. The van der Waals surface area contributed by atoms with Crippen LogP contribution in [0.2, 0.25) is 0 Å². The zero-order chi connectivity index (χ0) is 17.5. The van der Waals surface area contributed by atoms with E-state index in [9.17, 15) is 14.4 Å². The molecule has 0 heterocycles. The quantitative estimate of drug-likeness (QED) is 0.425. The predicted molar refractivity (Wildman–Crippen MR) is 89.8 cm³/mol. The fourth-order valence-electron chi connectivity index (χ4n) is 2.30. The molecule has 0 rings (SSSR count). The number of nitrogens with one attached hydrogen (secondary N) is 1. The van der Waals surface area contributed by atoms with Gasteiger partial charge in [-0.3, -0.25) is 19.7 Å². The largest absolute Gasteiger partial charge is 0.481 e. The van der Waals surface area contributed by atoms with E-state index in [1.165, 1.54) is 38.5 Å². The maximum Gasteiger partial charge on any atom is 0.303 e. The Morgan fingerprint density at radius 2 is 1.43 bits per heavy atom. The van der Waals surface area contributed by atoms with Gasteiger partial charge in [0.15, 0.2) is 0 Å². The van der Waals surface area contributed by atoms with Crippen LogP contribution in [-0.2, 0) is 14.4 Å². The van der Waals surface area contributed by atoms with Crippen LogP contribution in [0.15, 0.2) is 0 Å². The fourth-order valence-corrected chi connectivity index (χ4v) is 2.30. The highest BCUT2D eigenvalue weighted by Crippen LogP contribution is 2.10. The molecule has 134 valence electrons. The van der Waals surface area contributed by atoms with Crippen molar-refractivity contribution in [2.24, 2.45) is 5.73 Å². The van der Waals surface area contributed by atoms with Gasteiger partial charge in [0, 0.05) is 12.8 Å². The minimum absolute atomic E-state index is 0.0342. The zero-order valence-corrected chi connectivity index (χ0v) is 14.3. The molecule has 0 aliphatic rings. The summed E-state index contributed by atoms with van der Waals surface area (Å²) in [5, 5.41) is 10.8. The topological polar surface area (TPSA) is 109 Å². The average molecular weight is 328 g/mol. The Kier molecular flexibility index (Phi) is 13.3. The number of amides is 2. The van der Waals surface area contributed by atoms with Crippen LogP contribution in [0, 0.1) is 0 Å². The first-order chi connectivity index (χ1) is 11.0. The standard InChI is InChI=1S/C17H32N2O4/c1-2-3-4-5-6-7-8-9-10-11-15(20)19-17(23)14(18)12-13-16(21)22/h14H,2-13,18H2,1H3,(H,21,22)(H,19,20,23)/t14-/m0/s1. The minimum Gasteiger partial charge on any atom is -0.481 e. The first-order valence-corrected chi connectivity index (χ1v) is 8.78. The van der Waals surface area contributed by atoms with Gasteiger partial charge in [-0.05, 0) is 12.8 Å². The maximum atomic E-state index is 11.6. The van der Waals surface area contributed by atoms with E-state index in [1.807, 2.05) is 0 Å². The van der Waals surface area contributed by atoms with Crippen molar-refractivity contribution in [3.05, 3.63) is 0 Å². The van der Waals surface area contributed by atoms with Crippen LogP contribution in [0.4, 0.5) is 0 Å². The highest BCUT2D eigenvalue weighted by atomic mass is 16.4. The molecule has 0 aromatic rings. The molecule has 0 saturated heterocycles. The van der Waals surface area contributed by atoms with E-state index in [1.54, 1.807) is 0 Å². The van der Waals surface area contributed by atoms with Crippen molar-refractivity contribution in [2.45, 2.75) is 90.0 Å². The Labute approximate surface area is 139 Å². The molecule has 0 unspecified atom stereocenters. The molecule has 0 radical (unpaired) electrons. The van der Waals surface area contributed by atoms with E-state index in [0.29, 0.717) is 6.42 Å². The van der Waals surface area contributed by atoms with Gasteiger partial charge in [0.05, 0.1) is 6.04 Å². The highest BCUT2D eigenvalue weighted by molar-refractivity contribution is 5.97. The fraction of sp³-hybridized carbons (Fsp3) is 0.824. The molecule has 0 aromatic heterocycles. The Balaban J connectivity index is 3.55. The monoisotopic (exact) mass is 328 g/mol. The lowest BCUT2D eigenvalue weighted by Crippen LogP contribution is -2.43. The van der Waals surface area contributed by atoms with Gasteiger partial charge in [-0.15, -0.1) is 0 Å². The summed E-state index contributed by atoms with van der Waals surface area (Å²) in [6, 6.07) is -0.946. The molecule has 2 amide bonds. The molecule has 23 heavy (non-hydrogen) atoms. The van der Waals surface area contributed by atoms with Crippen molar-refractivity contribution in [1.29, 1.82) is 0 Å². The number of carboxylic acids is 1. The van der Waals surface area contributed by atoms with Crippen molar-refractivity contribution in [3.8, 4) is 0 Å². The van der Waals surface area contributed by atoms with Crippen LogP contribution in [0.3, 0.4) is 0 Å². The summed E-state index contributed by atoms with van der Waals surface area (Å²) >= 11 is 0. The number of hydrogen-bond acceptors (Lipinski definition) is 4. The van der Waals surface area contributed by atoms with E-state index < -0.39 is 17.9 Å². The second-order valence-electron chi connectivity index (χ2n) is 6.03. The SMILES string of the molecule is CCCCCCCCCCCC(=O)NC(=O)[C@@H](N)CCC(=O)O. The van der Waals surface area contributed by atoms with Gasteiger partial charge in [-0.2, -0.15) is 0 Å². The molecular formula is C17H32N2O4. The van der Waals surface area contributed by atoms with Crippen molar-refractivity contribution < 1.29 is 19.5 Å². The van der Waals surface area contributed by atoms with Gasteiger partial charge in [0.2, 0.25) is 11.8 Å². The van der Waals surface area contributed by atoms with Gasteiger partial charge in [0.1, 0.15) is 0 Å². The lowest BCUT2D eigenvalue weighted by molar-refractivity contribution is -0.137. The van der Waals surface area contributed by atoms with E-state index >= 15 is 0 Å². The Hall–Kier alpha value is -1.43. The summed E-state index contributed by atoms with van der Waals surface area (Å²) in [4.78, 5) is 33.6. The van der Waals surface area contributed by atoms with Gasteiger partial charge >= 0.3 is 5.97 Å². The minimum atomic E-state index is -1.01. The summed E-state index contributed by atoms with van der Waals surface area (Å²) < 4.78 is 0. The number of carbonyl (C=O) groups excluding carboxylic acids is 2. The third kappa shape index (κ3) is 13.9. The summed E-state index contributed by atoms with van der Waals surface area (Å²) in [6.45, 7) is 2.20. The number of hydrogen-bond donors (Lipinski definition) is 3.